The van der Waals surface area contributed by atoms with Gasteiger partial charge in [0.25, 0.3) is 5.69 Å². The van der Waals surface area contributed by atoms with E-state index in [2.05, 4.69) is 15.6 Å². The molecule has 0 saturated carbocycles. The third kappa shape index (κ3) is 5.78. The number of aliphatic imine (C=N–C) groups is 1. The van der Waals surface area contributed by atoms with Gasteiger partial charge in [0.2, 0.25) is 0 Å². The first-order valence-corrected chi connectivity index (χ1v) is 6.84. The van der Waals surface area contributed by atoms with E-state index in [1.54, 1.807) is 25.3 Å². The standard InChI is InChI=1S/C14H22N4O3/c1-4-15-14(17-11(2)10-21-3)16-9-12-7-5-6-8-13(12)18(19)20/h5-8,11H,4,9-10H2,1-3H3,(H2,15,16,17). The number of hydrogen-bond donors (Lipinski definition) is 2. The Morgan fingerprint density at radius 2 is 2.19 bits per heavy atom. The smallest absolute Gasteiger partial charge is 0.274 e. The van der Waals surface area contributed by atoms with Crippen LogP contribution < -0.4 is 10.6 Å². The Morgan fingerprint density at radius 3 is 2.81 bits per heavy atom. The van der Waals surface area contributed by atoms with E-state index in [1.807, 2.05) is 13.8 Å². The zero-order valence-corrected chi connectivity index (χ0v) is 12.6. The Morgan fingerprint density at radius 1 is 1.48 bits per heavy atom. The maximum Gasteiger partial charge on any atom is 0.274 e. The maximum absolute atomic E-state index is 11.0. The van der Waals surface area contributed by atoms with E-state index >= 15 is 0 Å². The molecule has 0 fully saturated rings. The number of hydrogen-bond acceptors (Lipinski definition) is 4. The summed E-state index contributed by atoms with van der Waals surface area (Å²) >= 11 is 0. The predicted molar refractivity (Wildman–Crippen MR) is 82.4 cm³/mol. The Balaban J connectivity index is 2.80. The van der Waals surface area contributed by atoms with Crippen molar-refractivity contribution in [3.8, 4) is 0 Å². The van der Waals surface area contributed by atoms with Crippen molar-refractivity contribution in [3.05, 3.63) is 39.9 Å². The molecule has 21 heavy (non-hydrogen) atoms. The van der Waals surface area contributed by atoms with Gasteiger partial charge in [-0.1, -0.05) is 18.2 Å². The van der Waals surface area contributed by atoms with E-state index in [1.165, 1.54) is 6.07 Å². The van der Waals surface area contributed by atoms with Gasteiger partial charge in [-0.05, 0) is 13.8 Å². The zero-order chi connectivity index (χ0) is 15.7. The average Bonchev–Trinajstić information content (AvgIpc) is 2.45. The lowest BCUT2D eigenvalue weighted by molar-refractivity contribution is -0.385. The summed E-state index contributed by atoms with van der Waals surface area (Å²) < 4.78 is 5.06. The van der Waals surface area contributed by atoms with Crippen LogP contribution in [-0.2, 0) is 11.3 Å². The van der Waals surface area contributed by atoms with E-state index in [9.17, 15) is 10.1 Å². The minimum absolute atomic E-state index is 0.0852. The molecular formula is C14H22N4O3. The van der Waals surface area contributed by atoms with Gasteiger partial charge in [0, 0.05) is 25.8 Å². The van der Waals surface area contributed by atoms with Crippen molar-refractivity contribution < 1.29 is 9.66 Å². The molecular weight excluding hydrogens is 272 g/mol. The summed E-state index contributed by atoms with van der Waals surface area (Å²) in [6.07, 6.45) is 0. The molecule has 0 spiro atoms. The minimum Gasteiger partial charge on any atom is -0.383 e. The highest BCUT2D eigenvalue weighted by Gasteiger charge is 2.12. The Bertz CT molecular complexity index is 491. The van der Waals surface area contributed by atoms with Crippen LogP contribution in [0.2, 0.25) is 0 Å². The van der Waals surface area contributed by atoms with Crippen LogP contribution in [0.15, 0.2) is 29.3 Å². The van der Waals surface area contributed by atoms with Crippen molar-refractivity contribution in [2.45, 2.75) is 26.4 Å². The summed E-state index contributed by atoms with van der Waals surface area (Å²) in [5.41, 5.74) is 0.668. The Hall–Kier alpha value is -2.15. The fourth-order valence-corrected chi connectivity index (χ4v) is 1.83. The van der Waals surface area contributed by atoms with Gasteiger partial charge < -0.3 is 15.4 Å². The number of ether oxygens (including phenoxy) is 1. The highest BCUT2D eigenvalue weighted by molar-refractivity contribution is 5.80. The molecule has 7 heteroatoms. The number of nitrogens with one attached hydrogen (secondary N) is 2. The average molecular weight is 294 g/mol. The van der Waals surface area contributed by atoms with E-state index in [0.29, 0.717) is 24.7 Å². The molecule has 0 aliphatic heterocycles. The monoisotopic (exact) mass is 294 g/mol. The first-order chi connectivity index (χ1) is 10.1. The van der Waals surface area contributed by atoms with Gasteiger partial charge in [-0.2, -0.15) is 0 Å². The summed E-state index contributed by atoms with van der Waals surface area (Å²) in [5, 5.41) is 17.3. The van der Waals surface area contributed by atoms with Crippen molar-refractivity contribution in [1.82, 2.24) is 10.6 Å². The van der Waals surface area contributed by atoms with Crippen molar-refractivity contribution >= 4 is 11.6 Å². The van der Waals surface area contributed by atoms with Crippen LogP contribution in [0.1, 0.15) is 19.4 Å². The molecule has 7 nitrogen and oxygen atoms in total. The summed E-state index contributed by atoms with van der Waals surface area (Å²) in [6, 6.07) is 6.71. The van der Waals surface area contributed by atoms with Crippen LogP contribution in [0.5, 0.6) is 0 Å². The van der Waals surface area contributed by atoms with E-state index in [0.717, 1.165) is 0 Å². The largest absolute Gasteiger partial charge is 0.383 e. The maximum atomic E-state index is 11.0. The van der Waals surface area contributed by atoms with Crippen LogP contribution in [-0.4, -0.2) is 37.2 Å². The summed E-state index contributed by atoms with van der Waals surface area (Å²) in [5.74, 6) is 0.611. The molecule has 1 rings (SSSR count). The molecule has 0 aromatic heterocycles. The number of nitrogens with zero attached hydrogens (tertiary/aromatic N) is 2. The summed E-state index contributed by atoms with van der Waals surface area (Å²) in [4.78, 5) is 15.0. The number of guanidine groups is 1. The number of benzene rings is 1. The number of nitro groups is 1. The van der Waals surface area contributed by atoms with Crippen LogP contribution in [0, 0.1) is 10.1 Å². The number of para-hydroxylation sites is 1. The van der Waals surface area contributed by atoms with Crippen molar-refractivity contribution in [3.63, 3.8) is 0 Å². The number of nitro benzene ring substituents is 1. The SMILES string of the molecule is CCNC(=NCc1ccccc1[N+](=O)[O-])NC(C)COC. The molecule has 0 bridgehead atoms. The van der Waals surface area contributed by atoms with Crippen LogP contribution in [0.25, 0.3) is 0 Å². The highest BCUT2D eigenvalue weighted by Crippen LogP contribution is 2.18. The van der Waals surface area contributed by atoms with Gasteiger partial charge in [-0.15, -0.1) is 0 Å². The number of methoxy groups -OCH3 is 1. The molecule has 1 aromatic rings. The molecule has 0 saturated heterocycles. The van der Waals surface area contributed by atoms with Crippen molar-refractivity contribution in [2.75, 3.05) is 20.3 Å². The zero-order valence-electron chi connectivity index (χ0n) is 12.6. The summed E-state index contributed by atoms with van der Waals surface area (Å²) in [6.45, 7) is 5.44. The fourth-order valence-electron chi connectivity index (χ4n) is 1.83. The van der Waals surface area contributed by atoms with E-state index in [4.69, 9.17) is 4.74 Å². The second-order valence-corrected chi connectivity index (χ2v) is 4.58. The van der Waals surface area contributed by atoms with Gasteiger partial charge in [0.1, 0.15) is 0 Å². The molecule has 0 radical (unpaired) electrons. The molecule has 2 N–H and O–H groups in total. The Labute approximate surface area is 124 Å². The Kier molecular flexibility index (Phi) is 7.17. The molecule has 0 aliphatic rings. The van der Waals surface area contributed by atoms with Gasteiger partial charge in [-0.25, -0.2) is 4.99 Å². The quantitative estimate of drug-likeness (QED) is 0.346. The predicted octanol–water partition coefficient (Wildman–Crippen LogP) is 1.68. The van der Waals surface area contributed by atoms with E-state index in [-0.39, 0.29) is 18.3 Å². The second kappa shape index (κ2) is 8.91. The fraction of sp³-hybridized carbons (Fsp3) is 0.500. The van der Waals surface area contributed by atoms with Crippen LogP contribution >= 0.6 is 0 Å². The van der Waals surface area contributed by atoms with E-state index < -0.39 is 4.92 Å². The van der Waals surface area contributed by atoms with Crippen LogP contribution in [0.3, 0.4) is 0 Å². The van der Waals surface area contributed by atoms with Crippen LogP contribution in [0.4, 0.5) is 5.69 Å². The molecule has 1 aromatic carbocycles. The van der Waals surface area contributed by atoms with Gasteiger partial charge >= 0.3 is 0 Å². The first-order valence-electron chi connectivity index (χ1n) is 6.84. The molecule has 0 amide bonds. The third-order valence-electron chi connectivity index (χ3n) is 2.74. The third-order valence-corrected chi connectivity index (χ3v) is 2.74. The normalized spacial score (nSPS) is 12.8. The molecule has 1 unspecified atom stereocenters. The lowest BCUT2D eigenvalue weighted by atomic mass is 10.2. The minimum atomic E-state index is -0.390. The highest BCUT2D eigenvalue weighted by atomic mass is 16.6. The summed E-state index contributed by atoms with van der Waals surface area (Å²) in [7, 11) is 1.63. The lowest BCUT2D eigenvalue weighted by Gasteiger charge is -2.16. The molecule has 1 atom stereocenters. The molecule has 0 heterocycles. The van der Waals surface area contributed by atoms with Crippen molar-refractivity contribution in [1.29, 1.82) is 0 Å². The topological polar surface area (TPSA) is 88.8 Å². The number of rotatable bonds is 7. The molecule has 0 aliphatic carbocycles. The lowest BCUT2D eigenvalue weighted by Crippen LogP contribution is -2.43. The van der Waals surface area contributed by atoms with Gasteiger partial charge in [0.05, 0.1) is 23.6 Å². The van der Waals surface area contributed by atoms with Crippen molar-refractivity contribution in [2.24, 2.45) is 4.99 Å². The second-order valence-electron chi connectivity index (χ2n) is 4.58. The molecule has 116 valence electrons. The first kappa shape index (κ1) is 16.9. The van der Waals surface area contributed by atoms with Gasteiger partial charge in [0.15, 0.2) is 5.96 Å². The van der Waals surface area contributed by atoms with Gasteiger partial charge in [-0.3, -0.25) is 10.1 Å².